The van der Waals surface area contributed by atoms with Gasteiger partial charge in [-0.1, -0.05) is 32.1 Å². The van der Waals surface area contributed by atoms with E-state index >= 15 is 0 Å². The summed E-state index contributed by atoms with van der Waals surface area (Å²) < 4.78 is 0. The summed E-state index contributed by atoms with van der Waals surface area (Å²) in [5.41, 5.74) is 12.2. The molecule has 6 rings (SSSR count). The zero-order valence-electron chi connectivity index (χ0n) is 18.5. The number of hydrogen-bond donors (Lipinski definition) is 2. The van der Waals surface area contributed by atoms with Crippen LogP contribution in [0.4, 0.5) is 0 Å². The van der Waals surface area contributed by atoms with Crippen molar-refractivity contribution in [3.05, 3.63) is 41.0 Å². The third kappa shape index (κ3) is 2.51. The Labute approximate surface area is 180 Å². The summed E-state index contributed by atoms with van der Waals surface area (Å²) in [5, 5.41) is 10.3. The molecule has 30 heavy (non-hydrogen) atoms. The maximum atomic E-state index is 10.3. The second-order valence-corrected chi connectivity index (χ2v) is 11.5. The monoisotopic (exact) mass is 404 g/mol. The van der Waals surface area contributed by atoms with Crippen LogP contribution in [0.25, 0.3) is 5.57 Å². The first-order valence-electron chi connectivity index (χ1n) is 12.2. The molecular formula is C27H36N2O. The minimum atomic E-state index is -0.0499. The van der Waals surface area contributed by atoms with Gasteiger partial charge in [-0.05, 0) is 109 Å². The highest BCUT2D eigenvalue weighted by Gasteiger charge is 2.58. The summed E-state index contributed by atoms with van der Waals surface area (Å²) >= 11 is 0. The van der Waals surface area contributed by atoms with Crippen molar-refractivity contribution in [1.82, 2.24) is 0 Å². The van der Waals surface area contributed by atoms with Crippen molar-refractivity contribution in [1.29, 1.82) is 0 Å². The third-order valence-corrected chi connectivity index (χ3v) is 10.3. The van der Waals surface area contributed by atoms with Crippen LogP contribution in [0, 0.1) is 34.5 Å². The molecule has 0 amide bonds. The zero-order valence-corrected chi connectivity index (χ0v) is 18.5. The Kier molecular flexibility index (Phi) is 4.11. The molecule has 0 unspecified atom stereocenters. The molecule has 0 saturated heterocycles. The summed E-state index contributed by atoms with van der Waals surface area (Å²) in [4.78, 5) is 4.43. The van der Waals surface area contributed by atoms with Crippen LogP contribution in [0.3, 0.4) is 0 Å². The fourth-order valence-corrected chi connectivity index (χ4v) is 8.65. The number of aliphatic hydroxyl groups excluding tert-OH is 1. The van der Waals surface area contributed by atoms with Crippen LogP contribution in [0.2, 0.25) is 0 Å². The molecule has 4 aliphatic carbocycles. The van der Waals surface area contributed by atoms with E-state index in [1.165, 1.54) is 49.7 Å². The van der Waals surface area contributed by atoms with E-state index < -0.39 is 0 Å². The Morgan fingerprint density at radius 3 is 2.80 bits per heavy atom. The normalized spacial score (nSPS) is 44.4. The molecule has 5 aliphatic rings. The number of allylic oxidation sites excluding steroid dienone is 2. The lowest BCUT2D eigenvalue weighted by molar-refractivity contribution is -0.115. The van der Waals surface area contributed by atoms with Crippen molar-refractivity contribution in [3.8, 4) is 0 Å². The molecule has 0 aromatic heterocycles. The lowest BCUT2D eigenvalue weighted by Crippen LogP contribution is -2.53. The molecule has 1 aromatic carbocycles. The minimum absolute atomic E-state index is 0.0499. The van der Waals surface area contributed by atoms with Crippen molar-refractivity contribution < 1.29 is 5.11 Å². The molecule has 3 saturated carbocycles. The molecule has 0 spiro atoms. The van der Waals surface area contributed by atoms with E-state index in [4.69, 9.17) is 5.73 Å². The van der Waals surface area contributed by atoms with E-state index in [-0.39, 0.29) is 6.10 Å². The largest absolute Gasteiger partial charge is 0.393 e. The molecule has 7 atom stereocenters. The Hall–Kier alpha value is -1.61. The maximum absolute atomic E-state index is 10.3. The number of fused-ring (bicyclic) bond motifs is 6. The molecule has 3 nitrogen and oxygen atoms in total. The Morgan fingerprint density at radius 2 is 1.93 bits per heavy atom. The summed E-state index contributed by atoms with van der Waals surface area (Å²) in [6, 6.07) is 6.85. The standard InChI is InChI=1S/C27H36N2O/c1-26-11-9-19(30)14-18(26)4-6-21-23-8-7-22(27(23,2)12-10-24(21)26)16-3-5-20-17(13-16)15-29-25(20)28/h3,5,7,13,18-19,21,23-24,30H,4,6,8-12,14-15H2,1-2H3,(H2,28,29)/t18-,19+,21-,23-,24-,26-,27+/m0/s1. The van der Waals surface area contributed by atoms with Crippen LogP contribution in [-0.4, -0.2) is 17.0 Å². The Bertz CT molecular complexity index is 948. The molecule has 160 valence electrons. The van der Waals surface area contributed by atoms with Gasteiger partial charge < -0.3 is 10.8 Å². The summed E-state index contributed by atoms with van der Waals surface area (Å²) in [6.07, 6.45) is 12.4. The van der Waals surface area contributed by atoms with E-state index in [1.807, 2.05) is 0 Å². The van der Waals surface area contributed by atoms with E-state index in [9.17, 15) is 5.11 Å². The van der Waals surface area contributed by atoms with Crippen LogP contribution in [0.1, 0.15) is 81.9 Å². The lowest BCUT2D eigenvalue weighted by Gasteiger charge is -2.60. The second-order valence-electron chi connectivity index (χ2n) is 11.5. The van der Waals surface area contributed by atoms with Gasteiger partial charge in [0.05, 0.1) is 12.6 Å². The van der Waals surface area contributed by atoms with Crippen molar-refractivity contribution in [2.45, 2.75) is 77.9 Å². The average Bonchev–Trinajstić information content (AvgIpc) is 3.28. The number of benzene rings is 1. The molecule has 0 bridgehead atoms. The van der Waals surface area contributed by atoms with Crippen LogP contribution >= 0.6 is 0 Å². The van der Waals surface area contributed by atoms with Gasteiger partial charge in [0.2, 0.25) is 0 Å². The predicted molar refractivity (Wildman–Crippen MR) is 122 cm³/mol. The smallest absolute Gasteiger partial charge is 0.126 e. The second kappa shape index (κ2) is 6.45. The first kappa shape index (κ1) is 19.1. The molecule has 3 N–H and O–H groups in total. The van der Waals surface area contributed by atoms with Gasteiger partial charge in [-0.15, -0.1) is 0 Å². The van der Waals surface area contributed by atoms with Crippen molar-refractivity contribution in [2.24, 2.45) is 45.2 Å². The van der Waals surface area contributed by atoms with Gasteiger partial charge in [-0.2, -0.15) is 0 Å². The fraction of sp³-hybridized carbons (Fsp3) is 0.667. The highest BCUT2D eigenvalue weighted by molar-refractivity contribution is 6.01. The van der Waals surface area contributed by atoms with Gasteiger partial charge in [0.1, 0.15) is 5.84 Å². The SMILES string of the molecule is C[C@]12CC[C@@H](O)C[C@@H]1CC[C@@H]1[C@@H]2CC[C@]2(C)C(c3ccc4c(c3)CN=C4N)=CC[C@@H]12. The third-order valence-electron chi connectivity index (χ3n) is 10.3. The molecule has 1 aromatic rings. The van der Waals surface area contributed by atoms with E-state index in [0.717, 1.165) is 48.6 Å². The van der Waals surface area contributed by atoms with Crippen LogP contribution in [0.5, 0.6) is 0 Å². The highest BCUT2D eigenvalue weighted by atomic mass is 16.3. The topological polar surface area (TPSA) is 58.6 Å². The average molecular weight is 405 g/mol. The fourth-order valence-electron chi connectivity index (χ4n) is 8.65. The van der Waals surface area contributed by atoms with Crippen LogP contribution in [0.15, 0.2) is 29.3 Å². The van der Waals surface area contributed by atoms with E-state index in [0.29, 0.717) is 16.7 Å². The number of nitrogens with zero attached hydrogens (tertiary/aromatic N) is 1. The number of rotatable bonds is 1. The molecule has 3 heteroatoms. The Balaban J connectivity index is 1.29. The quantitative estimate of drug-likeness (QED) is 0.667. The first-order chi connectivity index (χ1) is 14.4. The van der Waals surface area contributed by atoms with Gasteiger partial charge >= 0.3 is 0 Å². The molecular weight excluding hydrogens is 368 g/mol. The number of aliphatic hydroxyl groups is 1. The van der Waals surface area contributed by atoms with E-state index in [2.05, 4.69) is 43.1 Å². The zero-order chi connectivity index (χ0) is 20.7. The van der Waals surface area contributed by atoms with Gasteiger partial charge in [-0.25, -0.2) is 0 Å². The molecule has 1 heterocycles. The summed E-state index contributed by atoms with van der Waals surface area (Å²) in [5.74, 6) is 3.92. The first-order valence-corrected chi connectivity index (χ1v) is 12.2. The predicted octanol–water partition coefficient (Wildman–Crippen LogP) is 5.30. The summed E-state index contributed by atoms with van der Waals surface area (Å²) in [7, 11) is 0. The van der Waals surface area contributed by atoms with Gasteiger partial charge in [0.15, 0.2) is 0 Å². The van der Waals surface area contributed by atoms with Crippen molar-refractivity contribution >= 4 is 11.4 Å². The highest BCUT2D eigenvalue weighted by Crippen LogP contribution is 2.67. The van der Waals surface area contributed by atoms with Crippen molar-refractivity contribution in [2.75, 3.05) is 0 Å². The van der Waals surface area contributed by atoms with Gasteiger partial charge in [-0.3, -0.25) is 4.99 Å². The molecule has 1 aliphatic heterocycles. The maximum Gasteiger partial charge on any atom is 0.126 e. The van der Waals surface area contributed by atoms with E-state index in [1.54, 1.807) is 5.57 Å². The van der Waals surface area contributed by atoms with Crippen molar-refractivity contribution in [3.63, 3.8) is 0 Å². The van der Waals surface area contributed by atoms with Gasteiger partial charge in [0, 0.05) is 5.56 Å². The van der Waals surface area contributed by atoms with Crippen LogP contribution < -0.4 is 5.73 Å². The van der Waals surface area contributed by atoms with Crippen LogP contribution in [-0.2, 0) is 6.54 Å². The lowest BCUT2D eigenvalue weighted by atomic mass is 9.44. The number of nitrogens with two attached hydrogens (primary N) is 1. The number of aliphatic imine (C=N–C) groups is 1. The number of amidine groups is 1. The minimum Gasteiger partial charge on any atom is -0.393 e. The Morgan fingerprint density at radius 1 is 1.07 bits per heavy atom. The summed E-state index contributed by atoms with van der Waals surface area (Å²) in [6.45, 7) is 5.87. The number of hydrogen-bond acceptors (Lipinski definition) is 3. The molecule has 0 radical (unpaired) electrons. The molecule has 3 fully saturated rings. The van der Waals surface area contributed by atoms with Gasteiger partial charge in [0.25, 0.3) is 0 Å².